The minimum absolute atomic E-state index is 1.35. The summed E-state index contributed by atoms with van der Waals surface area (Å²) in [6.07, 6.45) is 0. The van der Waals surface area contributed by atoms with Crippen molar-refractivity contribution < 1.29 is 0 Å². The lowest BCUT2D eigenvalue weighted by Gasteiger charge is -1.98. The van der Waals surface area contributed by atoms with Gasteiger partial charge in [-0.3, -0.25) is 0 Å². The van der Waals surface area contributed by atoms with Crippen molar-refractivity contribution in [1.82, 2.24) is 0 Å². The van der Waals surface area contributed by atoms with E-state index in [1.807, 2.05) is 27.7 Å². The minimum atomic E-state index is 1.35. The van der Waals surface area contributed by atoms with Crippen LogP contribution in [0.3, 0.4) is 0 Å². The molecule has 0 spiro atoms. The molecule has 2 rings (SSSR count). The number of hydrogen-bond donors (Lipinski definition) is 0. The molecule has 2 aromatic rings. The fourth-order valence-electron chi connectivity index (χ4n) is 2.09. The zero-order chi connectivity index (χ0) is 17.7. The Labute approximate surface area is 139 Å². The van der Waals surface area contributed by atoms with E-state index in [9.17, 15) is 0 Å². The van der Waals surface area contributed by atoms with E-state index < -0.39 is 0 Å². The van der Waals surface area contributed by atoms with Crippen molar-refractivity contribution in [3.05, 3.63) is 69.8 Å². The van der Waals surface area contributed by atoms with Crippen LogP contribution in [0.15, 0.2) is 36.4 Å². The largest absolute Gasteiger partial charge is 0.0683 e. The first-order valence-electron chi connectivity index (χ1n) is 8.47. The number of aryl methyl sites for hydroxylation is 6. The molecule has 0 aliphatic heterocycles. The molecule has 0 aromatic heterocycles. The molecule has 2 aromatic carbocycles. The van der Waals surface area contributed by atoms with E-state index >= 15 is 0 Å². The van der Waals surface area contributed by atoms with Crippen LogP contribution in [-0.2, 0) is 0 Å². The maximum Gasteiger partial charge on any atom is -0.0395 e. The standard InChI is InChI=1S/2C9H12.2C2H6/c1-7-4-8(2)6-9(3)5-7;1-7-4-5-8(2)9(3)6-7;2*1-2/h2*4-6H,1-3H3;2*1-2H3. The fraction of sp³-hybridized carbons (Fsp3) is 0.455. The van der Waals surface area contributed by atoms with Crippen molar-refractivity contribution in [3.8, 4) is 0 Å². The smallest absolute Gasteiger partial charge is 0.0395 e. The highest BCUT2D eigenvalue weighted by Gasteiger charge is 1.89. The molecule has 0 bridgehead atoms. The highest BCUT2D eigenvalue weighted by Crippen LogP contribution is 2.07. The molecular weight excluding hydrogens is 264 g/mol. The topological polar surface area (TPSA) is 0 Å². The summed E-state index contributed by atoms with van der Waals surface area (Å²) in [6.45, 7) is 20.8. The van der Waals surface area contributed by atoms with Crippen LogP contribution < -0.4 is 0 Å². The third-order valence-corrected chi connectivity index (χ3v) is 3.03. The van der Waals surface area contributed by atoms with Gasteiger partial charge >= 0.3 is 0 Å². The summed E-state index contributed by atoms with van der Waals surface area (Å²) >= 11 is 0. The molecule has 0 saturated heterocycles. The van der Waals surface area contributed by atoms with E-state index in [4.69, 9.17) is 0 Å². The van der Waals surface area contributed by atoms with E-state index in [-0.39, 0.29) is 0 Å². The van der Waals surface area contributed by atoms with Crippen LogP contribution in [0.2, 0.25) is 0 Å². The predicted molar refractivity (Wildman–Crippen MR) is 104 cm³/mol. The molecule has 0 aliphatic rings. The Morgan fingerprint density at radius 1 is 0.409 bits per heavy atom. The van der Waals surface area contributed by atoms with Gasteiger partial charge in [0.15, 0.2) is 0 Å². The van der Waals surface area contributed by atoms with Gasteiger partial charge in [0.1, 0.15) is 0 Å². The van der Waals surface area contributed by atoms with Gasteiger partial charge in [-0.1, -0.05) is 86.3 Å². The molecule has 0 heterocycles. The fourth-order valence-corrected chi connectivity index (χ4v) is 2.09. The summed E-state index contributed by atoms with van der Waals surface area (Å²) in [6, 6.07) is 13.1. The van der Waals surface area contributed by atoms with Gasteiger partial charge in [0.25, 0.3) is 0 Å². The molecule has 0 saturated carbocycles. The highest BCUT2D eigenvalue weighted by atomic mass is 14.0. The Morgan fingerprint density at radius 3 is 1.05 bits per heavy atom. The average Bonchev–Trinajstić information content (AvgIpc) is 2.47. The van der Waals surface area contributed by atoms with E-state index in [2.05, 4.69) is 77.9 Å². The SMILES string of the molecule is CC.CC.Cc1cc(C)cc(C)c1.Cc1ccc(C)c(C)c1. The molecule has 124 valence electrons. The molecule has 0 aliphatic carbocycles. The Balaban J connectivity index is 0. The van der Waals surface area contributed by atoms with Gasteiger partial charge in [-0.05, 0) is 52.7 Å². The number of benzene rings is 2. The Bertz CT molecular complexity index is 471. The zero-order valence-corrected chi connectivity index (χ0v) is 16.5. The Hall–Kier alpha value is -1.56. The zero-order valence-electron chi connectivity index (χ0n) is 16.5. The van der Waals surface area contributed by atoms with E-state index in [1.165, 1.54) is 33.4 Å². The van der Waals surface area contributed by atoms with Crippen molar-refractivity contribution in [2.75, 3.05) is 0 Å². The Morgan fingerprint density at radius 2 is 0.773 bits per heavy atom. The summed E-state index contributed by atoms with van der Waals surface area (Å²) in [4.78, 5) is 0. The van der Waals surface area contributed by atoms with Crippen LogP contribution >= 0.6 is 0 Å². The second-order valence-electron chi connectivity index (χ2n) is 5.25. The highest BCUT2D eigenvalue weighted by molar-refractivity contribution is 5.29. The summed E-state index contributed by atoms with van der Waals surface area (Å²) in [5.41, 5.74) is 8.17. The number of hydrogen-bond acceptors (Lipinski definition) is 0. The van der Waals surface area contributed by atoms with E-state index in [0.717, 1.165) is 0 Å². The van der Waals surface area contributed by atoms with Gasteiger partial charge in [-0.15, -0.1) is 0 Å². The van der Waals surface area contributed by atoms with Gasteiger partial charge in [0.2, 0.25) is 0 Å². The maximum absolute atomic E-state index is 2.20. The lowest BCUT2D eigenvalue weighted by Crippen LogP contribution is -1.79. The van der Waals surface area contributed by atoms with Gasteiger partial charge < -0.3 is 0 Å². The van der Waals surface area contributed by atoms with E-state index in [0.29, 0.717) is 0 Å². The normalized spacial score (nSPS) is 8.45. The first kappa shape index (κ1) is 22.7. The maximum atomic E-state index is 2.20. The molecule has 0 atom stereocenters. The Kier molecular flexibility index (Phi) is 13.6. The third-order valence-electron chi connectivity index (χ3n) is 3.03. The molecule has 0 heteroatoms. The van der Waals surface area contributed by atoms with Crippen LogP contribution in [0, 0.1) is 41.5 Å². The monoisotopic (exact) mass is 300 g/mol. The second kappa shape index (κ2) is 13.1. The molecule has 0 amide bonds. The van der Waals surface area contributed by atoms with Crippen molar-refractivity contribution >= 4 is 0 Å². The molecular formula is C22H36. The summed E-state index contributed by atoms with van der Waals surface area (Å²) < 4.78 is 0. The van der Waals surface area contributed by atoms with Gasteiger partial charge in [-0.2, -0.15) is 0 Å². The van der Waals surface area contributed by atoms with Crippen LogP contribution in [0.4, 0.5) is 0 Å². The van der Waals surface area contributed by atoms with Crippen LogP contribution in [-0.4, -0.2) is 0 Å². The van der Waals surface area contributed by atoms with Gasteiger partial charge in [0.05, 0.1) is 0 Å². The first-order valence-corrected chi connectivity index (χ1v) is 8.47. The lowest BCUT2D eigenvalue weighted by molar-refractivity contribution is 1.30. The summed E-state index contributed by atoms with van der Waals surface area (Å²) in [5.74, 6) is 0. The van der Waals surface area contributed by atoms with Crippen LogP contribution in [0.5, 0.6) is 0 Å². The summed E-state index contributed by atoms with van der Waals surface area (Å²) in [5, 5.41) is 0. The van der Waals surface area contributed by atoms with Crippen LogP contribution in [0.1, 0.15) is 61.1 Å². The quantitative estimate of drug-likeness (QED) is 0.479. The average molecular weight is 301 g/mol. The third kappa shape index (κ3) is 10.2. The van der Waals surface area contributed by atoms with Crippen LogP contribution in [0.25, 0.3) is 0 Å². The second-order valence-corrected chi connectivity index (χ2v) is 5.25. The molecule has 0 unspecified atom stereocenters. The minimum Gasteiger partial charge on any atom is -0.0683 e. The molecule has 0 fully saturated rings. The van der Waals surface area contributed by atoms with Crippen molar-refractivity contribution in [3.63, 3.8) is 0 Å². The molecule has 22 heavy (non-hydrogen) atoms. The van der Waals surface area contributed by atoms with Crippen molar-refractivity contribution in [2.45, 2.75) is 69.2 Å². The van der Waals surface area contributed by atoms with Gasteiger partial charge in [0, 0.05) is 0 Å². The molecule has 0 radical (unpaired) electrons. The molecule has 0 nitrogen and oxygen atoms in total. The van der Waals surface area contributed by atoms with Crippen molar-refractivity contribution in [1.29, 1.82) is 0 Å². The lowest BCUT2D eigenvalue weighted by atomic mass is 10.1. The number of rotatable bonds is 0. The summed E-state index contributed by atoms with van der Waals surface area (Å²) in [7, 11) is 0. The van der Waals surface area contributed by atoms with E-state index in [1.54, 1.807) is 0 Å². The first-order chi connectivity index (χ1) is 10.4. The van der Waals surface area contributed by atoms with Gasteiger partial charge in [-0.25, -0.2) is 0 Å². The predicted octanol–water partition coefficient (Wildman–Crippen LogP) is 7.28. The van der Waals surface area contributed by atoms with Crippen molar-refractivity contribution in [2.24, 2.45) is 0 Å². The molecule has 0 N–H and O–H groups in total.